The minimum absolute atomic E-state index is 0.700. The summed E-state index contributed by atoms with van der Waals surface area (Å²) in [5.74, 6) is 0.797. The SMILES string of the molecule is CCCN1CCC(N2CC(C(C)CC)NCC2CC)CC1. The van der Waals surface area contributed by atoms with Gasteiger partial charge in [-0.3, -0.25) is 4.90 Å². The van der Waals surface area contributed by atoms with Gasteiger partial charge in [0.05, 0.1) is 0 Å². The quantitative estimate of drug-likeness (QED) is 0.813. The second kappa shape index (κ2) is 8.50. The van der Waals surface area contributed by atoms with E-state index in [9.17, 15) is 0 Å². The molecule has 2 fully saturated rings. The molecule has 0 aromatic heterocycles. The van der Waals surface area contributed by atoms with Gasteiger partial charge >= 0.3 is 0 Å². The molecule has 0 amide bonds. The molecule has 0 aromatic carbocycles. The van der Waals surface area contributed by atoms with Crippen molar-refractivity contribution in [2.24, 2.45) is 5.92 Å². The molecule has 2 heterocycles. The third kappa shape index (κ3) is 4.43. The van der Waals surface area contributed by atoms with E-state index in [4.69, 9.17) is 0 Å². The molecule has 2 saturated heterocycles. The van der Waals surface area contributed by atoms with Gasteiger partial charge in [0.1, 0.15) is 0 Å². The van der Waals surface area contributed by atoms with Crippen LogP contribution >= 0.6 is 0 Å². The van der Waals surface area contributed by atoms with Gasteiger partial charge in [-0.25, -0.2) is 0 Å². The number of piperidine rings is 1. The number of rotatable bonds is 6. The van der Waals surface area contributed by atoms with Gasteiger partial charge in [0.25, 0.3) is 0 Å². The van der Waals surface area contributed by atoms with Crippen LogP contribution in [0.2, 0.25) is 0 Å². The minimum atomic E-state index is 0.700. The van der Waals surface area contributed by atoms with Crippen LogP contribution in [0.4, 0.5) is 0 Å². The zero-order chi connectivity index (χ0) is 15.2. The first-order valence-corrected chi connectivity index (χ1v) is 9.41. The summed E-state index contributed by atoms with van der Waals surface area (Å²) in [5.41, 5.74) is 0. The highest BCUT2D eigenvalue weighted by atomic mass is 15.3. The summed E-state index contributed by atoms with van der Waals surface area (Å²) in [6.45, 7) is 15.8. The van der Waals surface area contributed by atoms with Crippen LogP contribution in [0.3, 0.4) is 0 Å². The average Bonchev–Trinajstić information content (AvgIpc) is 2.54. The maximum Gasteiger partial charge on any atom is 0.0221 e. The van der Waals surface area contributed by atoms with Crippen LogP contribution in [-0.2, 0) is 0 Å². The van der Waals surface area contributed by atoms with Gasteiger partial charge in [-0.05, 0) is 51.2 Å². The van der Waals surface area contributed by atoms with Gasteiger partial charge in [-0.2, -0.15) is 0 Å². The molecule has 3 atom stereocenters. The summed E-state index contributed by atoms with van der Waals surface area (Å²) in [4.78, 5) is 5.53. The zero-order valence-electron chi connectivity index (χ0n) is 14.8. The fraction of sp³-hybridized carbons (Fsp3) is 1.00. The molecule has 21 heavy (non-hydrogen) atoms. The van der Waals surface area contributed by atoms with Crippen molar-refractivity contribution in [3.8, 4) is 0 Å². The summed E-state index contributed by atoms with van der Waals surface area (Å²) in [7, 11) is 0. The van der Waals surface area contributed by atoms with Crippen LogP contribution in [0.25, 0.3) is 0 Å². The van der Waals surface area contributed by atoms with Gasteiger partial charge in [0, 0.05) is 31.2 Å². The Hall–Kier alpha value is -0.120. The van der Waals surface area contributed by atoms with Crippen molar-refractivity contribution in [3.63, 3.8) is 0 Å². The second-order valence-electron chi connectivity index (χ2n) is 7.23. The van der Waals surface area contributed by atoms with Crippen molar-refractivity contribution >= 4 is 0 Å². The standard InChI is InChI=1S/C18H37N3/c1-5-10-20-11-8-17(9-12-20)21-14-18(15(4)6-2)19-13-16(21)7-3/h15-19H,5-14H2,1-4H3. The molecular formula is C18H37N3. The van der Waals surface area contributed by atoms with Crippen molar-refractivity contribution < 1.29 is 0 Å². The number of hydrogen-bond donors (Lipinski definition) is 1. The van der Waals surface area contributed by atoms with Crippen molar-refractivity contribution in [2.45, 2.75) is 77.9 Å². The van der Waals surface area contributed by atoms with Crippen LogP contribution in [-0.4, -0.2) is 60.6 Å². The smallest absolute Gasteiger partial charge is 0.0221 e. The number of nitrogens with one attached hydrogen (secondary N) is 1. The Morgan fingerprint density at radius 3 is 2.43 bits per heavy atom. The van der Waals surface area contributed by atoms with Crippen LogP contribution < -0.4 is 5.32 Å². The second-order valence-corrected chi connectivity index (χ2v) is 7.23. The van der Waals surface area contributed by atoms with Crippen LogP contribution in [0.15, 0.2) is 0 Å². The molecule has 2 rings (SSSR count). The zero-order valence-corrected chi connectivity index (χ0v) is 14.8. The number of piperazine rings is 1. The Bertz CT molecular complexity index is 286. The van der Waals surface area contributed by atoms with E-state index < -0.39 is 0 Å². The van der Waals surface area contributed by atoms with Crippen LogP contribution in [0.1, 0.15) is 59.8 Å². The molecule has 2 aliphatic rings. The van der Waals surface area contributed by atoms with E-state index in [1.54, 1.807) is 0 Å². The Kier molecular flexibility index (Phi) is 6.97. The highest BCUT2D eigenvalue weighted by Gasteiger charge is 2.34. The Labute approximate surface area is 132 Å². The fourth-order valence-corrected chi connectivity index (χ4v) is 4.13. The van der Waals surface area contributed by atoms with Gasteiger partial charge in [0.15, 0.2) is 0 Å². The highest BCUT2D eigenvalue weighted by Crippen LogP contribution is 2.25. The lowest BCUT2D eigenvalue weighted by atomic mass is 9.91. The summed E-state index contributed by atoms with van der Waals surface area (Å²) < 4.78 is 0. The normalized spacial score (nSPS) is 31.4. The first-order chi connectivity index (χ1) is 10.2. The van der Waals surface area contributed by atoms with Gasteiger partial charge < -0.3 is 10.2 Å². The third-order valence-electron chi connectivity index (χ3n) is 5.86. The van der Waals surface area contributed by atoms with E-state index in [0.717, 1.165) is 18.0 Å². The molecule has 0 saturated carbocycles. The number of hydrogen-bond acceptors (Lipinski definition) is 3. The molecule has 124 valence electrons. The predicted octanol–water partition coefficient (Wildman–Crippen LogP) is 2.96. The Morgan fingerprint density at radius 2 is 1.86 bits per heavy atom. The number of likely N-dealkylation sites (tertiary alicyclic amines) is 1. The Morgan fingerprint density at radius 1 is 1.14 bits per heavy atom. The molecule has 0 bridgehead atoms. The molecule has 0 aliphatic carbocycles. The third-order valence-corrected chi connectivity index (χ3v) is 5.86. The van der Waals surface area contributed by atoms with E-state index in [-0.39, 0.29) is 0 Å². The van der Waals surface area contributed by atoms with Gasteiger partial charge in [-0.15, -0.1) is 0 Å². The molecule has 1 N–H and O–H groups in total. The molecule has 2 aliphatic heterocycles. The molecule has 0 radical (unpaired) electrons. The largest absolute Gasteiger partial charge is 0.311 e. The highest BCUT2D eigenvalue weighted by molar-refractivity contribution is 4.92. The van der Waals surface area contributed by atoms with Crippen molar-refractivity contribution in [1.82, 2.24) is 15.1 Å². The fourth-order valence-electron chi connectivity index (χ4n) is 4.13. The summed E-state index contributed by atoms with van der Waals surface area (Å²) >= 11 is 0. The molecule has 0 aromatic rings. The summed E-state index contributed by atoms with van der Waals surface area (Å²) in [6.07, 6.45) is 6.63. The lowest BCUT2D eigenvalue weighted by molar-refractivity contribution is 0.0312. The maximum atomic E-state index is 3.82. The van der Waals surface area contributed by atoms with E-state index in [0.29, 0.717) is 6.04 Å². The minimum Gasteiger partial charge on any atom is -0.311 e. The van der Waals surface area contributed by atoms with Gasteiger partial charge in [-0.1, -0.05) is 34.1 Å². The van der Waals surface area contributed by atoms with Crippen LogP contribution in [0.5, 0.6) is 0 Å². The Balaban J connectivity index is 1.91. The monoisotopic (exact) mass is 295 g/mol. The van der Waals surface area contributed by atoms with Crippen molar-refractivity contribution in [2.75, 3.05) is 32.7 Å². The molecular weight excluding hydrogens is 258 g/mol. The van der Waals surface area contributed by atoms with E-state index >= 15 is 0 Å². The molecule has 3 unspecified atom stereocenters. The molecule has 0 spiro atoms. The van der Waals surface area contributed by atoms with Gasteiger partial charge in [0.2, 0.25) is 0 Å². The van der Waals surface area contributed by atoms with E-state index in [2.05, 4.69) is 42.8 Å². The molecule has 3 nitrogen and oxygen atoms in total. The lowest BCUT2D eigenvalue weighted by Crippen LogP contribution is -2.62. The van der Waals surface area contributed by atoms with Crippen LogP contribution in [0, 0.1) is 5.92 Å². The maximum absolute atomic E-state index is 3.82. The summed E-state index contributed by atoms with van der Waals surface area (Å²) in [5, 5.41) is 3.82. The van der Waals surface area contributed by atoms with Crippen molar-refractivity contribution in [3.05, 3.63) is 0 Å². The lowest BCUT2D eigenvalue weighted by Gasteiger charge is -2.48. The summed E-state index contributed by atoms with van der Waals surface area (Å²) in [6, 6.07) is 2.29. The first kappa shape index (κ1) is 17.2. The molecule has 3 heteroatoms. The first-order valence-electron chi connectivity index (χ1n) is 9.41. The van der Waals surface area contributed by atoms with E-state index in [1.807, 2.05) is 0 Å². The number of nitrogens with zero attached hydrogens (tertiary/aromatic N) is 2. The van der Waals surface area contributed by atoms with Crippen molar-refractivity contribution in [1.29, 1.82) is 0 Å². The average molecular weight is 296 g/mol. The van der Waals surface area contributed by atoms with E-state index in [1.165, 1.54) is 64.8 Å². The topological polar surface area (TPSA) is 18.5 Å². The predicted molar refractivity (Wildman–Crippen MR) is 91.8 cm³/mol.